The summed E-state index contributed by atoms with van der Waals surface area (Å²) in [5, 5.41) is 0. The first-order valence-electron chi connectivity index (χ1n) is 5.55. The van der Waals surface area contributed by atoms with E-state index in [-0.39, 0.29) is 31.1 Å². The number of imidazole rings is 1. The molecule has 8 nitrogen and oxygen atoms in total. The van der Waals surface area contributed by atoms with Gasteiger partial charge in [-0.05, 0) is 6.92 Å². The van der Waals surface area contributed by atoms with E-state index in [4.69, 9.17) is 10.5 Å². The average molecular weight is 269 g/mol. The Morgan fingerprint density at radius 2 is 2.11 bits per heavy atom. The molecule has 104 valence electrons. The van der Waals surface area contributed by atoms with Crippen molar-refractivity contribution >= 4 is 23.5 Å². The molecular formula is C11H15N3O5. The average Bonchev–Trinajstić information content (AvgIpc) is 2.71. The van der Waals surface area contributed by atoms with Gasteiger partial charge in [-0.1, -0.05) is 0 Å². The van der Waals surface area contributed by atoms with Crippen LogP contribution < -0.4 is 5.73 Å². The predicted octanol–water partition coefficient (Wildman–Crippen LogP) is -0.112. The number of hydrogen-bond donors (Lipinski definition) is 1. The van der Waals surface area contributed by atoms with Crippen molar-refractivity contribution in [2.24, 2.45) is 0 Å². The largest absolute Gasteiger partial charge is 0.461 e. The Bertz CT molecular complexity index is 495. The van der Waals surface area contributed by atoms with Gasteiger partial charge in [-0.15, -0.1) is 0 Å². The number of nitrogens with zero attached hydrogens (tertiary/aromatic N) is 2. The third-order valence-corrected chi connectivity index (χ3v) is 2.20. The minimum Gasteiger partial charge on any atom is -0.461 e. The summed E-state index contributed by atoms with van der Waals surface area (Å²) in [5.74, 6) is -1.83. The molecule has 0 saturated carbocycles. The number of nitrogens with two attached hydrogens (primary N) is 1. The number of rotatable bonds is 6. The molecule has 0 fully saturated rings. The Morgan fingerprint density at radius 1 is 1.42 bits per heavy atom. The summed E-state index contributed by atoms with van der Waals surface area (Å²) in [6, 6.07) is 0. The van der Waals surface area contributed by atoms with Crippen molar-refractivity contribution in [2.75, 3.05) is 26.1 Å². The molecule has 1 aromatic rings. The number of aromatic nitrogens is 2. The SMILES string of the molecule is CCOC(=O)c1ncn(C(=O)CC(=O)COC)c1N. The maximum Gasteiger partial charge on any atom is 0.360 e. The highest BCUT2D eigenvalue weighted by Crippen LogP contribution is 2.12. The lowest BCUT2D eigenvalue weighted by Gasteiger charge is -2.04. The van der Waals surface area contributed by atoms with E-state index >= 15 is 0 Å². The van der Waals surface area contributed by atoms with Crippen molar-refractivity contribution in [1.82, 2.24) is 9.55 Å². The van der Waals surface area contributed by atoms with Gasteiger partial charge in [-0.25, -0.2) is 9.78 Å². The van der Waals surface area contributed by atoms with Gasteiger partial charge in [0.25, 0.3) is 0 Å². The van der Waals surface area contributed by atoms with Gasteiger partial charge in [0.1, 0.15) is 18.8 Å². The number of ether oxygens (including phenoxy) is 2. The summed E-state index contributed by atoms with van der Waals surface area (Å²) in [7, 11) is 1.35. The summed E-state index contributed by atoms with van der Waals surface area (Å²) < 4.78 is 10.3. The van der Waals surface area contributed by atoms with Crippen LogP contribution in [-0.4, -0.2) is 47.5 Å². The Balaban J connectivity index is 2.82. The Morgan fingerprint density at radius 3 is 2.68 bits per heavy atom. The van der Waals surface area contributed by atoms with Crippen molar-refractivity contribution in [3.8, 4) is 0 Å². The first-order valence-corrected chi connectivity index (χ1v) is 5.55. The molecule has 1 rings (SSSR count). The Labute approximate surface area is 109 Å². The monoisotopic (exact) mass is 269 g/mol. The normalized spacial score (nSPS) is 10.2. The molecular weight excluding hydrogens is 254 g/mol. The van der Waals surface area contributed by atoms with Crippen LogP contribution in [0.5, 0.6) is 0 Å². The summed E-state index contributed by atoms with van der Waals surface area (Å²) in [6.07, 6.45) is 0.709. The maximum atomic E-state index is 11.8. The molecule has 0 spiro atoms. The van der Waals surface area contributed by atoms with Gasteiger partial charge < -0.3 is 15.2 Å². The topological polar surface area (TPSA) is 114 Å². The van der Waals surface area contributed by atoms with E-state index in [1.165, 1.54) is 7.11 Å². The van der Waals surface area contributed by atoms with Crippen LogP contribution in [0, 0.1) is 0 Å². The van der Waals surface area contributed by atoms with Crippen LogP contribution in [0.2, 0.25) is 0 Å². The second-order valence-electron chi connectivity index (χ2n) is 3.61. The zero-order valence-corrected chi connectivity index (χ0v) is 10.7. The first kappa shape index (κ1) is 14.8. The molecule has 0 radical (unpaired) electrons. The predicted molar refractivity (Wildman–Crippen MR) is 64.7 cm³/mol. The van der Waals surface area contributed by atoms with Gasteiger partial charge in [0, 0.05) is 7.11 Å². The number of Topliss-reactive ketones (excluding diaryl/α,β-unsaturated/α-hetero) is 1. The van der Waals surface area contributed by atoms with Crippen molar-refractivity contribution in [3.05, 3.63) is 12.0 Å². The van der Waals surface area contributed by atoms with Crippen LogP contribution in [0.3, 0.4) is 0 Å². The molecule has 0 bridgehead atoms. The fraction of sp³-hybridized carbons (Fsp3) is 0.455. The molecule has 0 aliphatic rings. The zero-order chi connectivity index (χ0) is 14.4. The van der Waals surface area contributed by atoms with Crippen molar-refractivity contribution in [1.29, 1.82) is 0 Å². The van der Waals surface area contributed by atoms with Crippen molar-refractivity contribution in [2.45, 2.75) is 13.3 Å². The molecule has 19 heavy (non-hydrogen) atoms. The van der Waals surface area contributed by atoms with Crippen LogP contribution in [0.4, 0.5) is 5.82 Å². The molecule has 0 aliphatic heterocycles. The lowest BCUT2D eigenvalue weighted by atomic mass is 10.3. The van der Waals surface area contributed by atoms with E-state index in [9.17, 15) is 14.4 Å². The number of carbonyl (C=O) groups is 3. The van der Waals surface area contributed by atoms with Crippen LogP contribution in [0.15, 0.2) is 6.33 Å². The van der Waals surface area contributed by atoms with E-state index in [2.05, 4.69) is 9.72 Å². The minimum atomic E-state index is -0.713. The number of nitrogen functional groups attached to an aromatic ring is 1. The third kappa shape index (κ3) is 3.62. The summed E-state index contributed by atoms with van der Waals surface area (Å²) in [6.45, 7) is 1.65. The number of ketones is 1. The molecule has 0 amide bonds. The van der Waals surface area contributed by atoms with Gasteiger partial charge in [0.05, 0.1) is 13.0 Å². The molecule has 0 atom stereocenters. The quantitative estimate of drug-likeness (QED) is 0.566. The van der Waals surface area contributed by atoms with Gasteiger partial charge in [-0.2, -0.15) is 0 Å². The molecule has 1 heterocycles. The number of esters is 1. The fourth-order valence-corrected chi connectivity index (χ4v) is 1.38. The lowest BCUT2D eigenvalue weighted by molar-refractivity contribution is -0.121. The Kier molecular flexibility index (Phi) is 5.19. The number of carbonyl (C=O) groups excluding carboxylic acids is 3. The molecule has 8 heteroatoms. The van der Waals surface area contributed by atoms with Crippen LogP contribution in [-0.2, 0) is 14.3 Å². The second-order valence-corrected chi connectivity index (χ2v) is 3.61. The van der Waals surface area contributed by atoms with Gasteiger partial charge in [0.15, 0.2) is 11.5 Å². The summed E-state index contributed by atoms with van der Waals surface area (Å²) in [5.41, 5.74) is 5.48. The lowest BCUT2D eigenvalue weighted by Crippen LogP contribution is -2.20. The number of hydrogen-bond acceptors (Lipinski definition) is 7. The highest BCUT2D eigenvalue weighted by molar-refractivity contribution is 6.02. The van der Waals surface area contributed by atoms with Crippen molar-refractivity contribution in [3.63, 3.8) is 0 Å². The number of anilines is 1. The first-order chi connectivity index (χ1) is 9.01. The van der Waals surface area contributed by atoms with Crippen LogP contribution >= 0.6 is 0 Å². The van der Waals surface area contributed by atoms with E-state index < -0.39 is 17.7 Å². The smallest absolute Gasteiger partial charge is 0.360 e. The van der Waals surface area contributed by atoms with Gasteiger partial charge >= 0.3 is 5.97 Å². The zero-order valence-electron chi connectivity index (χ0n) is 10.7. The second kappa shape index (κ2) is 6.64. The van der Waals surface area contributed by atoms with Gasteiger partial charge in [-0.3, -0.25) is 14.2 Å². The highest BCUT2D eigenvalue weighted by atomic mass is 16.5. The van der Waals surface area contributed by atoms with E-state index in [1.54, 1.807) is 6.92 Å². The standard InChI is InChI=1S/C11H15N3O5/c1-3-19-11(17)9-10(12)14(6-13-9)8(16)4-7(15)5-18-2/h6H,3-5,12H2,1-2H3. The van der Waals surface area contributed by atoms with Crippen LogP contribution in [0.1, 0.15) is 28.6 Å². The third-order valence-electron chi connectivity index (χ3n) is 2.20. The van der Waals surface area contributed by atoms with Gasteiger partial charge in [0.2, 0.25) is 5.91 Å². The molecule has 2 N–H and O–H groups in total. The molecule has 0 aromatic carbocycles. The minimum absolute atomic E-state index is 0.144. The van der Waals surface area contributed by atoms with Crippen molar-refractivity contribution < 1.29 is 23.9 Å². The van der Waals surface area contributed by atoms with Crippen LogP contribution in [0.25, 0.3) is 0 Å². The fourth-order valence-electron chi connectivity index (χ4n) is 1.38. The van der Waals surface area contributed by atoms with E-state index in [0.717, 1.165) is 10.9 Å². The molecule has 1 aromatic heterocycles. The molecule has 0 saturated heterocycles. The maximum absolute atomic E-state index is 11.8. The van der Waals surface area contributed by atoms with E-state index in [1.807, 2.05) is 0 Å². The van der Waals surface area contributed by atoms with E-state index in [0.29, 0.717) is 0 Å². The number of methoxy groups -OCH3 is 1. The summed E-state index contributed by atoms with van der Waals surface area (Å²) >= 11 is 0. The molecule has 0 unspecified atom stereocenters. The Hall–Kier alpha value is -2.22. The summed E-state index contributed by atoms with van der Waals surface area (Å²) in [4.78, 5) is 38.2. The molecule has 0 aliphatic carbocycles. The highest BCUT2D eigenvalue weighted by Gasteiger charge is 2.21.